The van der Waals surface area contributed by atoms with Crippen molar-refractivity contribution in [2.45, 2.75) is 19.0 Å². The molecule has 2 rings (SSSR count). The summed E-state index contributed by atoms with van der Waals surface area (Å²) in [4.78, 5) is 2.18. The normalized spacial score (nSPS) is 12.8. The predicted molar refractivity (Wildman–Crippen MR) is 83.4 cm³/mol. The van der Waals surface area contributed by atoms with E-state index in [-0.39, 0.29) is 6.04 Å². The van der Waals surface area contributed by atoms with Crippen LogP contribution in [0.5, 0.6) is 0 Å². The van der Waals surface area contributed by atoms with Crippen LogP contribution in [0.3, 0.4) is 0 Å². The van der Waals surface area contributed by atoms with Gasteiger partial charge in [-0.25, -0.2) is 8.78 Å². The first kappa shape index (κ1) is 16.1. The fraction of sp³-hybridized carbons (Fsp3) is 0.375. The van der Waals surface area contributed by atoms with Crippen LogP contribution in [0.25, 0.3) is 0 Å². The lowest BCUT2D eigenvalue weighted by molar-refractivity contribution is 0.302. The van der Waals surface area contributed by atoms with Gasteiger partial charge in [-0.2, -0.15) is 11.3 Å². The van der Waals surface area contributed by atoms with Crippen LogP contribution in [-0.4, -0.2) is 25.5 Å². The first-order chi connectivity index (χ1) is 10.1. The molecule has 0 bridgehead atoms. The van der Waals surface area contributed by atoms with Gasteiger partial charge in [0, 0.05) is 18.2 Å². The molecule has 114 valence electrons. The first-order valence-electron chi connectivity index (χ1n) is 6.92. The lowest BCUT2D eigenvalue weighted by Crippen LogP contribution is -2.25. The number of halogens is 2. The fourth-order valence-electron chi connectivity index (χ4n) is 2.37. The second-order valence-electron chi connectivity index (χ2n) is 5.14. The average molecular weight is 310 g/mol. The summed E-state index contributed by atoms with van der Waals surface area (Å²) in [6.45, 7) is 1.67. The van der Waals surface area contributed by atoms with Gasteiger partial charge in [0.05, 0.1) is 0 Å². The SMILES string of the molecule is CNC(CCN(C)Cc1ccsc1)c1cccc(F)c1F. The van der Waals surface area contributed by atoms with Gasteiger partial charge in [-0.15, -0.1) is 0 Å². The molecule has 21 heavy (non-hydrogen) atoms. The molecule has 1 N–H and O–H groups in total. The Morgan fingerprint density at radius 3 is 2.76 bits per heavy atom. The summed E-state index contributed by atoms with van der Waals surface area (Å²) in [6, 6.07) is 6.24. The van der Waals surface area contributed by atoms with Gasteiger partial charge < -0.3 is 10.2 Å². The minimum atomic E-state index is -0.792. The van der Waals surface area contributed by atoms with E-state index in [0.717, 1.165) is 25.6 Å². The monoisotopic (exact) mass is 310 g/mol. The number of benzene rings is 1. The van der Waals surface area contributed by atoms with Crippen LogP contribution in [0.2, 0.25) is 0 Å². The molecule has 1 aromatic carbocycles. The summed E-state index contributed by atoms with van der Waals surface area (Å²) >= 11 is 1.68. The molecule has 2 aromatic rings. The minimum Gasteiger partial charge on any atom is -0.313 e. The van der Waals surface area contributed by atoms with Crippen molar-refractivity contribution in [3.05, 3.63) is 57.8 Å². The van der Waals surface area contributed by atoms with E-state index in [1.54, 1.807) is 30.5 Å². The number of rotatable bonds is 7. The molecule has 1 aromatic heterocycles. The highest BCUT2D eigenvalue weighted by Crippen LogP contribution is 2.22. The zero-order valence-electron chi connectivity index (χ0n) is 12.3. The summed E-state index contributed by atoms with van der Waals surface area (Å²) in [6.07, 6.45) is 0.720. The number of nitrogens with one attached hydrogen (secondary N) is 1. The molecule has 5 heteroatoms. The van der Waals surface area contributed by atoms with E-state index in [0.29, 0.717) is 5.56 Å². The van der Waals surface area contributed by atoms with Crippen molar-refractivity contribution in [3.8, 4) is 0 Å². The second kappa shape index (κ2) is 7.64. The zero-order chi connectivity index (χ0) is 15.2. The molecule has 0 aliphatic heterocycles. The van der Waals surface area contributed by atoms with Crippen LogP contribution in [0, 0.1) is 11.6 Å². The molecule has 0 radical (unpaired) electrons. The summed E-state index contributed by atoms with van der Waals surface area (Å²) in [7, 11) is 3.81. The molecular formula is C16H20F2N2S. The standard InChI is InChI=1S/C16H20F2N2S/c1-19-15(13-4-3-5-14(17)16(13)18)6-8-20(2)10-12-7-9-21-11-12/h3-5,7,9,11,15,19H,6,8,10H2,1-2H3. The Labute approximate surface area is 128 Å². The van der Waals surface area contributed by atoms with Crippen LogP contribution in [0.15, 0.2) is 35.0 Å². The smallest absolute Gasteiger partial charge is 0.163 e. The number of hydrogen-bond acceptors (Lipinski definition) is 3. The molecule has 0 fully saturated rings. The topological polar surface area (TPSA) is 15.3 Å². The third kappa shape index (κ3) is 4.33. The molecule has 2 nitrogen and oxygen atoms in total. The molecule has 0 saturated carbocycles. The third-order valence-corrected chi connectivity index (χ3v) is 4.27. The van der Waals surface area contributed by atoms with Crippen molar-refractivity contribution < 1.29 is 8.78 Å². The molecule has 0 saturated heterocycles. The number of hydrogen-bond donors (Lipinski definition) is 1. The van der Waals surface area contributed by atoms with E-state index >= 15 is 0 Å². The van der Waals surface area contributed by atoms with Crippen molar-refractivity contribution in [1.82, 2.24) is 10.2 Å². The van der Waals surface area contributed by atoms with E-state index in [2.05, 4.69) is 27.0 Å². The summed E-state index contributed by atoms with van der Waals surface area (Å²) in [5.41, 5.74) is 1.67. The van der Waals surface area contributed by atoms with Crippen LogP contribution in [0.4, 0.5) is 8.78 Å². The second-order valence-corrected chi connectivity index (χ2v) is 5.92. The van der Waals surface area contributed by atoms with Gasteiger partial charge >= 0.3 is 0 Å². The fourth-order valence-corrected chi connectivity index (χ4v) is 3.03. The van der Waals surface area contributed by atoms with Gasteiger partial charge in [-0.05, 0) is 55.5 Å². The maximum absolute atomic E-state index is 13.8. The molecular weight excluding hydrogens is 290 g/mol. The van der Waals surface area contributed by atoms with Gasteiger partial charge in [0.25, 0.3) is 0 Å². The maximum Gasteiger partial charge on any atom is 0.163 e. The Morgan fingerprint density at radius 2 is 2.10 bits per heavy atom. The van der Waals surface area contributed by atoms with Crippen molar-refractivity contribution in [2.75, 3.05) is 20.6 Å². The minimum absolute atomic E-state index is 0.189. The Balaban J connectivity index is 1.94. The number of thiophene rings is 1. The highest BCUT2D eigenvalue weighted by atomic mass is 32.1. The van der Waals surface area contributed by atoms with E-state index in [1.807, 2.05) is 7.05 Å². The molecule has 1 heterocycles. The van der Waals surface area contributed by atoms with E-state index in [9.17, 15) is 8.78 Å². The lowest BCUT2D eigenvalue weighted by atomic mass is 10.0. The van der Waals surface area contributed by atoms with E-state index in [4.69, 9.17) is 0 Å². The summed E-state index contributed by atoms with van der Waals surface area (Å²) in [5, 5.41) is 7.25. The van der Waals surface area contributed by atoms with Gasteiger partial charge in [-0.1, -0.05) is 12.1 Å². The van der Waals surface area contributed by atoms with E-state index < -0.39 is 11.6 Å². The molecule has 0 spiro atoms. The Kier molecular flexibility index (Phi) is 5.85. The van der Waals surface area contributed by atoms with Gasteiger partial charge in [0.1, 0.15) is 0 Å². The largest absolute Gasteiger partial charge is 0.313 e. The summed E-state index contributed by atoms with van der Waals surface area (Å²) in [5.74, 6) is -1.54. The van der Waals surface area contributed by atoms with E-state index in [1.165, 1.54) is 5.56 Å². The lowest BCUT2D eigenvalue weighted by Gasteiger charge is -2.22. The predicted octanol–water partition coefficient (Wildman–Crippen LogP) is 3.81. The Bertz CT molecular complexity index is 557. The van der Waals surface area contributed by atoms with Crippen molar-refractivity contribution in [3.63, 3.8) is 0 Å². The maximum atomic E-state index is 13.8. The number of nitrogens with zero attached hydrogens (tertiary/aromatic N) is 1. The van der Waals surface area contributed by atoms with Crippen LogP contribution < -0.4 is 5.32 Å². The first-order valence-corrected chi connectivity index (χ1v) is 7.87. The van der Waals surface area contributed by atoms with Crippen LogP contribution >= 0.6 is 11.3 Å². The Morgan fingerprint density at radius 1 is 1.29 bits per heavy atom. The van der Waals surface area contributed by atoms with Gasteiger partial charge in [0.15, 0.2) is 11.6 Å². The van der Waals surface area contributed by atoms with Crippen molar-refractivity contribution in [2.24, 2.45) is 0 Å². The highest BCUT2D eigenvalue weighted by Gasteiger charge is 2.17. The Hall–Kier alpha value is -1.30. The quantitative estimate of drug-likeness (QED) is 0.836. The third-order valence-electron chi connectivity index (χ3n) is 3.54. The molecule has 0 amide bonds. The summed E-state index contributed by atoms with van der Waals surface area (Å²) < 4.78 is 27.2. The molecule has 0 aliphatic rings. The average Bonchev–Trinajstić information content (AvgIpc) is 2.96. The van der Waals surface area contributed by atoms with Crippen LogP contribution in [-0.2, 0) is 6.54 Å². The molecule has 0 aliphatic carbocycles. The van der Waals surface area contributed by atoms with Gasteiger partial charge in [-0.3, -0.25) is 0 Å². The zero-order valence-corrected chi connectivity index (χ0v) is 13.1. The molecule has 1 unspecified atom stereocenters. The molecule has 1 atom stereocenters. The van der Waals surface area contributed by atoms with Crippen molar-refractivity contribution >= 4 is 11.3 Å². The van der Waals surface area contributed by atoms with Crippen LogP contribution in [0.1, 0.15) is 23.6 Å². The van der Waals surface area contributed by atoms with Gasteiger partial charge in [0.2, 0.25) is 0 Å². The van der Waals surface area contributed by atoms with Crippen molar-refractivity contribution in [1.29, 1.82) is 0 Å². The highest BCUT2D eigenvalue weighted by molar-refractivity contribution is 7.07.